The van der Waals surface area contributed by atoms with Gasteiger partial charge < -0.3 is 4.90 Å². The van der Waals surface area contributed by atoms with Crippen LogP contribution in [0.25, 0.3) is 0 Å². The molecule has 5 heteroatoms. The number of aromatic nitrogens is 2. The van der Waals surface area contributed by atoms with E-state index in [0.29, 0.717) is 12.4 Å². The smallest absolute Gasteiger partial charge is 0.252 e. The lowest BCUT2D eigenvalue weighted by atomic mass is 9.80. The molecule has 0 unspecified atom stereocenters. The number of rotatable bonds is 7. The van der Waals surface area contributed by atoms with E-state index in [4.69, 9.17) is 0 Å². The minimum atomic E-state index is -0.292. The Morgan fingerprint density at radius 3 is 2.48 bits per heavy atom. The van der Waals surface area contributed by atoms with Crippen molar-refractivity contribution in [2.75, 3.05) is 19.0 Å². The molecule has 2 aromatic rings. The fourth-order valence-corrected chi connectivity index (χ4v) is 3.82. The van der Waals surface area contributed by atoms with Crippen LogP contribution in [-0.4, -0.2) is 29.8 Å². The topological polar surface area (TPSA) is 66.1 Å². The fourth-order valence-electron chi connectivity index (χ4n) is 3.82. The summed E-state index contributed by atoms with van der Waals surface area (Å²) in [6.07, 6.45) is 5.26. The predicted molar refractivity (Wildman–Crippen MR) is 107 cm³/mol. The zero-order valence-electron chi connectivity index (χ0n) is 16.3. The van der Waals surface area contributed by atoms with Crippen molar-refractivity contribution in [2.24, 2.45) is 5.41 Å². The van der Waals surface area contributed by atoms with Crippen molar-refractivity contribution in [1.82, 2.24) is 9.97 Å². The molecule has 2 fully saturated rings. The van der Waals surface area contributed by atoms with E-state index >= 15 is 0 Å². The number of anilines is 1. The summed E-state index contributed by atoms with van der Waals surface area (Å²) in [5.74, 6) is 1.25. The van der Waals surface area contributed by atoms with Gasteiger partial charge in [0.05, 0.1) is 0 Å². The van der Waals surface area contributed by atoms with E-state index < -0.39 is 0 Å². The minimum Gasteiger partial charge on any atom is -0.348 e. The van der Waals surface area contributed by atoms with Crippen molar-refractivity contribution >= 4 is 11.7 Å². The van der Waals surface area contributed by atoms with Gasteiger partial charge in [0.2, 0.25) is 5.95 Å². The number of hydrogen-bond donors (Lipinski definition) is 1. The molecule has 1 aromatic carbocycles. The van der Waals surface area contributed by atoms with E-state index in [-0.39, 0.29) is 28.4 Å². The van der Waals surface area contributed by atoms with Gasteiger partial charge in [0, 0.05) is 26.6 Å². The molecule has 0 spiro atoms. The third-order valence-corrected chi connectivity index (χ3v) is 6.10. The highest BCUT2D eigenvalue weighted by Gasteiger charge is 2.46. The Bertz CT molecular complexity index is 906. The molecule has 2 aliphatic carbocycles. The van der Waals surface area contributed by atoms with Crippen LogP contribution in [0.1, 0.15) is 72.5 Å². The number of nitrogens with zero attached hydrogens (tertiary/aromatic N) is 2. The maximum absolute atomic E-state index is 13.0. The van der Waals surface area contributed by atoms with Crippen molar-refractivity contribution in [3.63, 3.8) is 0 Å². The number of aromatic amines is 1. The highest BCUT2D eigenvalue weighted by molar-refractivity contribution is 5.95. The second-order valence-corrected chi connectivity index (χ2v) is 8.62. The Morgan fingerprint density at radius 1 is 1.26 bits per heavy atom. The van der Waals surface area contributed by atoms with E-state index in [2.05, 4.69) is 41.2 Å². The number of Topliss-reactive ketones (excluding diaryl/α,β-unsaturated/α-hetero) is 1. The van der Waals surface area contributed by atoms with Gasteiger partial charge in [0.1, 0.15) is 5.69 Å². The molecular weight excluding hydrogens is 338 g/mol. The summed E-state index contributed by atoms with van der Waals surface area (Å²) < 4.78 is 0. The quantitative estimate of drug-likeness (QED) is 0.757. The van der Waals surface area contributed by atoms with Crippen LogP contribution in [0, 0.1) is 5.41 Å². The lowest BCUT2D eigenvalue weighted by Crippen LogP contribution is -2.22. The van der Waals surface area contributed by atoms with E-state index in [0.717, 1.165) is 18.8 Å². The number of carbonyl (C=O) groups excluding carboxylic acids is 1. The van der Waals surface area contributed by atoms with Gasteiger partial charge in [-0.25, -0.2) is 4.98 Å². The van der Waals surface area contributed by atoms with Crippen LogP contribution in [0.3, 0.4) is 0 Å². The van der Waals surface area contributed by atoms with Crippen molar-refractivity contribution < 1.29 is 4.79 Å². The Labute approximate surface area is 159 Å². The molecule has 142 valence electrons. The number of ketones is 1. The van der Waals surface area contributed by atoms with Crippen molar-refractivity contribution in [1.29, 1.82) is 0 Å². The zero-order valence-corrected chi connectivity index (χ0v) is 16.3. The highest BCUT2D eigenvalue weighted by Crippen LogP contribution is 2.57. The Kier molecular flexibility index (Phi) is 4.41. The van der Waals surface area contributed by atoms with Crippen molar-refractivity contribution in [3.8, 4) is 0 Å². The van der Waals surface area contributed by atoms with Crippen LogP contribution in [0.5, 0.6) is 0 Å². The van der Waals surface area contributed by atoms with Crippen LogP contribution in [0.2, 0.25) is 0 Å². The molecule has 0 amide bonds. The lowest BCUT2D eigenvalue weighted by Gasteiger charge is -2.24. The molecule has 1 atom stereocenters. The van der Waals surface area contributed by atoms with E-state index in [1.807, 2.05) is 0 Å². The SMILES string of the molecule is CN(C)c1nc(C(=O)C[C@@H](c2ccc(C3CC3)cc2)C2(C)CC2)cc(=O)[nH]1. The van der Waals surface area contributed by atoms with Gasteiger partial charge >= 0.3 is 0 Å². The van der Waals surface area contributed by atoms with Gasteiger partial charge in [-0.15, -0.1) is 0 Å². The number of hydrogen-bond acceptors (Lipinski definition) is 4. The standard InChI is InChI=1S/C22H27N3O2/c1-22(10-11-22)17(16-8-6-15(7-9-16)14-4-5-14)12-19(26)18-13-20(27)24-21(23-18)25(2)3/h6-9,13-14,17H,4-5,10-12H2,1-3H3,(H,23,24,27)/t17-/m0/s1. The molecule has 1 heterocycles. The van der Waals surface area contributed by atoms with Gasteiger partial charge in [0.15, 0.2) is 5.78 Å². The highest BCUT2D eigenvalue weighted by atomic mass is 16.1. The maximum Gasteiger partial charge on any atom is 0.252 e. The Balaban J connectivity index is 1.59. The van der Waals surface area contributed by atoms with Crippen molar-refractivity contribution in [2.45, 2.75) is 50.9 Å². The average molecular weight is 365 g/mol. The van der Waals surface area contributed by atoms with Crippen LogP contribution in [0.15, 0.2) is 35.1 Å². The van der Waals surface area contributed by atoms with Crippen molar-refractivity contribution in [3.05, 3.63) is 57.5 Å². The van der Waals surface area contributed by atoms with Gasteiger partial charge in [-0.3, -0.25) is 14.6 Å². The summed E-state index contributed by atoms with van der Waals surface area (Å²) in [6, 6.07) is 10.2. The number of benzene rings is 1. The van der Waals surface area contributed by atoms with E-state index in [1.54, 1.807) is 19.0 Å². The summed E-state index contributed by atoms with van der Waals surface area (Å²) >= 11 is 0. The first-order chi connectivity index (χ1) is 12.9. The van der Waals surface area contributed by atoms with E-state index in [1.165, 1.54) is 30.0 Å². The first-order valence-electron chi connectivity index (χ1n) is 9.77. The molecule has 4 rings (SSSR count). The zero-order chi connectivity index (χ0) is 19.2. The number of nitrogens with one attached hydrogen (secondary N) is 1. The molecule has 5 nitrogen and oxygen atoms in total. The fraction of sp³-hybridized carbons (Fsp3) is 0.500. The van der Waals surface area contributed by atoms with Gasteiger partial charge in [-0.2, -0.15) is 0 Å². The third kappa shape index (κ3) is 3.82. The normalized spacial score (nSPS) is 18.8. The predicted octanol–water partition coefficient (Wildman–Crippen LogP) is 3.87. The van der Waals surface area contributed by atoms with Crippen LogP contribution < -0.4 is 10.5 Å². The summed E-state index contributed by atoms with van der Waals surface area (Å²) in [5.41, 5.74) is 2.77. The maximum atomic E-state index is 13.0. The summed E-state index contributed by atoms with van der Waals surface area (Å²) in [4.78, 5) is 33.6. The average Bonchev–Trinajstić information content (AvgIpc) is 3.56. The third-order valence-electron chi connectivity index (χ3n) is 6.10. The minimum absolute atomic E-state index is 0.0615. The molecule has 0 radical (unpaired) electrons. The first-order valence-corrected chi connectivity index (χ1v) is 9.77. The molecule has 2 aliphatic rings. The van der Waals surface area contributed by atoms with Gasteiger partial charge in [-0.1, -0.05) is 31.2 Å². The number of H-pyrrole nitrogens is 1. The van der Waals surface area contributed by atoms with E-state index in [9.17, 15) is 9.59 Å². The monoisotopic (exact) mass is 365 g/mol. The molecule has 0 aliphatic heterocycles. The van der Waals surface area contributed by atoms with Crippen LogP contribution in [-0.2, 0) is 0 Å². The second kappa shape index (κ2) is 6.63. The Morgan fingerprint density at radius 2 is 1.93 bits per heavy atom. The summed E-state index contributed by atoms with van der Waals surface area (Å²) in [5, 5.41) is 0. The Hall–Kier alpha value is -2.43. The molecular formula is C22H27N3O2. The first kappa shape index (κ1) is 18.0. The largest absolute Gasteiger partial charge is 0.348 e. The summed E-state index contributed by atoms with van der Waals surface area (Å²) in [6.45, 7) is 2.26. The molecule has 0 bridgehead atoms. The van der Waals surface area contributed by atoms with Crippen LogP contribution >= 0.6 is 0 Å². The molecule has 0 saturated heterocycles. The molecule has 27 heavy (non-hydrogen) atoms. The van der Waals surface area contributed by atoms with Gasteiger partial charge in [-0.05, 0) is 54.1 Å². The molecule has 2 saturated carbocycles. The van der Waals surface area contributed by atoms with Gasteiger partial charge in [0.25, 0.3) is 5.56 Å². The summed E-state index contributed by atoms with van der Waals surface area (Å²) in [7, 11) is 3.59. The molecule has 1 aromatic heterocycles. The number of carbonyl (C=O) groups is 1. The van der Waals surface area contributed by atoms with Crippen LogP contribution in [0.4, 0.5) is 5.95 Å². The second-order valence-electron chi connectivity index (χ2n) is 8.62. The molecule has 1 N–H and O–H groups in total. The lowest BCUT2D eigenvalue weighted by molar-refractivity contribution is 0.0957.